The normalized spacial score (nSPS) is 18.0. The van der Waals surface area contributed by atoms with Crippen molar-refractivity contribution in [3.63, 3.8) is 0 Å². The van der Waals surface area contributed by atoms with Crippen LogP contribution in [0, 0.1) is 11.6 Å². The van der Waals surface area contributed by atoms with Gasteiger partial charge in [0, 0.05) is 40.6 Å². The van der Waals surface area contributed by atoms with Crippen LogP contribution in [0.3, 0.4) is 0 Å². The van der Waals surface area contributed by atoms with Crippen molar-refractivity contribution in [3.8, 4) is 0 Å². The number of unbranched alkanes of at least 4 members (excludes halogenated alkanes) is 2. The van der Waals surface area contributed by atoms with Crippen LogP contribution in [0.5, 0.6) is 0 Å². The highest BCUT2D eigenvalue weighted by Crippen LogP contribution is 2.34. The molecule has 4 aliphatic rings. The number of aryl methyl sites for hydroxylation is 2. The van der Waals surface area contributed by atoms with Crippen molar-refractivity contribution < 1.29 is 18.4 Å². The lowest BCUT2D eigenvalue weighted by Crippen LogP contribution is -2.30. The summed E-state index contributed by atoms with van der Waals surface area (Å²) in [6.07, 6.45) is 18.5. The molecule has 2 amide bonds. The standard InChI is InChI=1S/2C24H28FN3O/c25-21-8-6-9-22-23(21)20(24(29)27-22)17-26-19-12-10-18(11-13-19)7-2-5-16-28-14-3-1-4-15-28;25-19-9-12-23-21(16-19)22(24(29)27-23)17-26-20-10-7-18(8-11-20)6-2-5-15-28-13-3-1-4-14-28/h6,8-13,17,26H,1-5,7,14-16H2,(H,27,29);7-12,16-17,26H,1-6,13-15H2,(H,27,29). The second-order valence-corrected chi connectivity index (χ2v) is 15.8. The lowest BCUT2D eigenvalue weighted by atomic mass is 10.1. The molecule has 0 radical (unpaired) electrons. The van der Waals surface area contributed by atoms with Crippen LogP contribution in [0.1, 0.15) is 86.5 Å². The monoisotopic (exact) mass is 786 g/mol. The predicted octanol–water partition coefficient (Wildman–Crippen LogP) is 10.1. The number of rotatable bonds is 14. The molecule has 0 spiro atoms. The average Bonchev–Trinajstić information content (AvgIpc) is 3.75. The number of nitrogens with zero attached hydrogens (tertiary/aromatic N) is 2. The lowest BCUT2D eigenvalue weighted by molar-refractivity contribution is -0.111. The van der Waals surface area contributed by atoms with Crippen LogP contribution in [0.25, 0.3) is 11.1 Å². The Bertz CT molecular complexity index is 2070. The highest BCUT2D eigenvalue weighted by atomic mass is 19.1. The molecule has 0 aromatic heterocycles. The van der Waals surface area contributed by atoms with Gasteiger partial charge in [-0.15, -0.1) is 0 Å². The fourth-order valence-electron chi connectivity index (χ4n) is 8.19. The molecule has 2 fully saturated rings. The van der Waals surface area contributed by atoms with Crippen molar-refractivity contribution in [2.24, 2.45) is 0 Å². The fourth-order valence-corrected chi connectivity index (χ4v) is 8.19. The zero-order chi connectivity index (χ0) is 40.1. The highest BCUT2D eigenvalue weighted by Gasteiger charge is 2.27. The molecule has 2 saturated heterocycles. The maximum Gasteiger partial charge on any atom is 0.257 e. The van der Waals surface area contributed by atoms with Gasteiger partial charge in [-0.3, -0.25) is 9.59 Å². The van der Waals surface area contributed by atoms with Crippen molar-refractivity contribution in [2.45, 2.75) is 77.0 Å². The number of amides is 2. The number of carbonyl (C=O) groups is 2. The third kappa shape index (κ3) is 11.2. The average molecular weight is 787 g/mol. The minimum Gasteiger partial charge on any atom is -0.361 e. The maximum atomic E-state index is 14.1. The number of fused-ring (bicyclic) bond motifs is 2. The second-order valence-electron chi connectivity index (χ2n) is 15.8. The highest BCUT2D eigenvalue weighted by molar-refractivity contribution is 6.32. The molecule has 8 nitrogen and oxygen atoms in total. The van der Waals surface area contributed by atoms with Crippen LogP contribution in [0.15, 0.2) is 97.3 Å². The molecule has 0 aliphatic carbocycles. The summed E-state index contributed by atoms with van der Waals surface area (Å²) < 4.78 is 27.6. The number of hydrogen-bond acceptors (Lipinski definition) is 6. The van der Waals surface area contributed by atoms with Crippen LogP contribution in [0.4, 0.5) is 31.5 Å². The first-order valence-corrected chi connectivity index (χ1v) is 21.2. The zero-order valence-corrected chi connectivity index (χ0v) is 33.4. The minimum absolute atomic E-state index is 0.219. The van der Waals surface area contributed by atoms with Gasteiger partial charge in [0.05, 0.1) is 16.8 Å². The number of piperidine rings is 2. The molecule has 0 atom stereocenters. The van der Waals surface area contributed by atoms with Gasteiger partial charge >= 0.3 is 0 Å². The van der Waals surface area contributed by atoms with E-state index in [0.717, 1.165) is 24.2 Å². The van der Waals surface area contributed by atoms with Crippen molar-refractivity contribution in [1.82, 2.24) is 9.80 Å². The van der Waals surface area contributed by atoms with Crippen molar-refractivity contribution in [3.05, 3.63) is 131 Å². The molecule has 8 rings (SSSR count). The van der Waals surface area contributed by atoms with E-state index in [9.17, 15) is 18.4 Å². The summed E-state index contributed by atoms with van der Waals surface area (Å²) in [5, 5.41) is 11.7. The van der Waals surface area contributed by atoms with Crippen LogP contribution in [-0.4, -0.2) is 60.9 Å². The topological polar surface area (TPSA) is 88.7 Å². The molecular weight excluding hydrogens is 731 g/mol. The number of anilines is 4. The first-order valence-electron chi connectivity index (χ1n) is 21.2. The number of halogens is 2. The first kappa shape index (κ1) is 40.9. The number of nitrogens with one attached hydrogen (secondary N) is 4. The third-order valence-electron chi connectivity index (χ3n) is 11.5. The molecule has 4 N–H and O–H groups in total. The van der Waals surface area contributed by atoms with Gasteiger partial charge in [-0.1, -0.05) is 43.2 Å². The predicted molar refractivity (Wildman–Crippen MR) is 233 cm³/mol. The molecule has 4 aromatic rings. The van der Waals surface area contributed by atoms with Gasteiger partial charge in [0.15, 0.2) is 0 Å². The molecule has 58 heavy (non-hydrogen) atoms. The third-order valence-corrected chi connectivity index (χ3v) is 11.5. The van der Waals surface area contributed by atoms with Crippen LogP contribution in [0.2, 0.25) is 0 Å². The van der Waals surface area contributed by atoms with Crippen molar-refractivity contribution in [2.75, 3.05) is 60.5 Å². The van der Waals surface area contributed by atoms with Gasteiger partial charge in [0.2, 0.25) is 0 Å². The quantitative estimate of drug-likeness (QED) is 0.0752. The van der Waals surface area contributed by atoms with Gasteiger partial charge in [0.1, 0.15) is 11.6 Å². The van der Waals surface area contributed by atoms with E-state index in [1.54, 1.807) is 30.6 Å². The van der Waals surface area contributed by atoms with E-state index in [0.29, 0.717) is 33.6 Å². The molecule has 0 bridgehead atoms. The van der Waals surface area contributed by atoms with Gasteiger partial charge in [-0.05, 0) is 169 Å². The van der Waals surface area contributed by atoms with Gasteiger partial charge < -0.3 is 31.1 Å². The van der Waals surface area contributed by atoms with Crippen LogP contribution in [-0.2, 0) is 22.4 Å². The lowest BCUT2D eigenvalue weighted by Gasteiger charge is -2.26. The molecule has 4 aliphatic heterocycles. The number of carbonyl (C=O) groups excluding carboxylic acids is 2. The summed E-state index contributed by atoms with van der Waals surface area (Å²) in [7, 11) is 0. The van der Waals surface area contributed by atoms with E-state index in [1.807, 2.05) is 24.3 Å². The van der Waals surface area contributed by atoms with E-state index in [4.69, 9.17) is 0 Å². The number of hydrogen-bond donors (Lipinski definition) is 4. The molecule has 4 aromatic carbocycles. The Morgan fingerprint density at radius 2 is 1.09 bits per heavy atom. The summed E-state index contributed by atoms with van der Waals surface area (Å²) in [5.74, 6) is -1.25. The molecule has 0 saturated carbocycles. The van der Waals surface area contributed by atoms with Crippen LogP contribution < -0.4 is 21.3 Å². The van der Waals surface area contributed by atoms with Crippen molar-refractivity contribution in [1.29, 1.82) is 0 Å². The Balaban J connectivity index is 0.000000177. The largest absolute Gasteiger partial charge is 0.361 e. The van der Waals surface area contributed by atoms with E-state index < -0.39 is 5.82 Å². The maximum absolute atomic E-state index is 14.1. The summed E-state index contributed by atoms with van der Waals surface area (Å²) >= 11 is 0. The minimum atomic E-state index is -0.395. The SMILES string of the molecule is O=C1Nc2ccc(F)cc2C1=CNc1ccc(CCCCN2CCCCC2)cc1.O=C1Nc2cccc(F)c2C1=CNc1ccc(CCCCN2CCCCC2)cc1. The summed E-state index contributed by atoms with van der Waals surface area (Å²) in [6.45, 7) is 7.51. The Morgan fingerprint density at radius 1 is 0.569 bits per heavy atom. The summed E-state index contributed by atoms with van der Waals surface area (Å²) in [4.78, 5) is 29.4. The van der Waals surface area contributed by atoms with Gasteiger partial charge in [-0.25, -0.2) is 8.78 Å². The van der Waals surface area contributed by atoms with E-state index in [-0.39, 0.29) is 17.6 Å². The van der Waals surface area contributed by atoms with E-state index in [2.05, 4.69) is 55.3 Å². The molecular formula is C48H56F2N6O2. The van der Waals surface area contributed by atoms with E-state index in [1.165, 1.54) is 133 Å². The summed E-state index contributed by atoms with van der Waals surface area (Å²) in [6, 6.07) is 25.5. The van der Waals surface area contributed by atoms with Crippen LogP contribution >= 0.6 is 0 Å². The molecule has 304 valence electrons. The van der Waals surface area contributed by atoms with Gasteiger partial charge in [0.25, 0.3) is 11.8 Å². The second kappa shape index (κ2) is 20.4. The fraction of sp³-hybridized carbons (Fsp3) is 0.375. The zero-order valence-electron chi connectivity index (χ0n) is 33.4. The Morgan fingerprint density at radius 3 is 1.66 bits per heavy atom. The van der Waals surface area contributed by atoms with E-state index >= 15 is 0 Å². The molecule has 4 heterocycles. The van der Waals surface area contributed by atoms with Crippen molar-refractivity contribution >= 4 is 45.7 Å². The summed E-state index contributed by atoms with van der Waals surface area (Å²) in [5.41, 5.74) is 7.28. The Labute approximate surface area is 341 Å². The molecule has 10 heteroatoms. The Hall–Kier alpha value is -5.32. The first-order chi connectivity index (χ1) is 28.4. The Kier molecular flexibility index (Phi) is 14.4. The molecule has 0 unspecified atom stereocenters. The smallest absolute Gasteiger partial charge is 0.257 e. The number of likely N-dealkylation sites (tertiary alicyclic amines) is 2. The van der Waals surface area contributed by atoms with Gasteiger partial charge in [-0.2, -0.15) is 0 Å². The number of benzene rings is 4.